The number of hydrogen-bond acceptors (Lipinski definition) is 2. The van der Waals surface area contributed by atoms with Gasteiger partial charge in [-0.05, 0) is 30.9 Å². The molecule has 2 nitrogen and oxygen atoms in total. The molecule has 1 saturated carbocycles. The van der Waals surface area contributed by atoms with Crippen molar-refractivity contribution < 1.29 is 4.39 Å². The zero-order valence-corrected chi connectivity index (χ0v) is 9.88. The smallest absolute Gasteiger partial charge is 0.126 e. The minimum absolute atomic E-state index is 0.160. The Morgan fingerprint density at radius 2 is 2.00 bits per heavy atom. The molecule has 0 unspecified atom stereocenters. The lowest BCUT2D eigenvalue weighted by Gasteiger charge is -2.22. The summed E-state index contributed by atoms with van der Waals surface area (Å²) in [7, 11) is 0. The maximum Gasteiger partial charge on any atom is 0.126 e. The Labute approximate surface area is 101 Å². The number of nitriles is 1. The third-order valence-corrected chi connectivity index (χ3v) is 3.49. The van der Waals surface area contributed by atoms with Gasteiger partial charge in [-0.3, -0.25) is 5.32 Å². The molecule has 0 aromatic heterocycles. The maximum atomic E-state index is 13.4. The molecule has 90 valence electrons. The lowest BCUT2D eigenvalue weighted by molar-refractivity contribution is 0.424. The van der Waals surface area contributed by atoms with Gasteiger partial charge < -0.3 is 0 Å². The van der Waals surface area contributed by atoms with Crippen LogP contribution in [0.3, 0.4) is 0 Å². The van der Waals surface area contributed by atoms with E-state index in [1.807, 2.05) is 6.07 Å². The molecular weight excluding hydrogens is 215 g/mol. The summed E-state index contributed by atoms with van der Waals surface area (Å²) in [6.07, 6.45) is 4.69. The first kappa shape index (κ1) is 12.1. The second-order valence-electron chi connectivity index (χ2n) is 4.67. The molecule has 1 aliphatic carbocycles. The predicted molar refractivity (Wildman–Crippen MR) is 64.9 cm³/mol. The molecule has 0 saturated heterocycles. The van der Waals surface area contributed by atoms with E-state index < -0.39 is 0 Å². The second kappa shape index (κ2) is 5.29. The van der Waals surface area contributed by atoms with E-state index in [9.17, 15) is 9.65 Å². The van der Waals surface area contributed by atoms with Gasteiger partial charge >= 0.3 is 0 Å². The van der Waals surface area contributed by atoms with Crippen LogP contribution in [0.25, 0.3) is 0 Å². The van der Waals surface area contributed by atoms with Gasteiger partial charge in [0.05, 0.1) is 6.07 Å². The molecule has 3 heteroatoms. The van der Waals surface area contributed by atoms with E-state index >= 15 is 0 Å². The third kappa shape index (κ3) is 2.83. The van der Waals surface area contributed by atoms with Crippen molar-refractivity contribution in [3.63, 3.8) is 0 Å². The molecule has 17 heavy (non-hydrogen) atoms. The van der Waals surface area contributed by atoms with Gasteiger partial charge in [-0.15, -0.1) is 0 Å². The van der Waals surface area contributed by atoms with Crippen LogP contribution in [0.1, 0.15) is 31.2 Å². The SMILES string of the molecule is N#CC1(NCCc2ccccc2F)CCCC1. The van der Waals surface area contributed by atoms with E-state index in [0.29, 0.717) is 18.5 Å². The number of nitrogens with zero attached hydrogens (tertiary/aromatic N) is 1. The van der Waals surface area contributed by atoms with Crippen molar-refractivity contribution in [2.75, 3.05) is 6.54 Å². The summed E-state index contributed by atoms with van der Waals surface area (Å²) in [6, 6.07) is 9.18. The Morgan fingerprint density at radius 3 is 2.65 bits per heavy atom. The highest BCUT2D eigenvalue weighted by Crippen LogP contribution is 2.28. The summed E-state index contributed by atoms with van der Waals surface area (Å²) in [5.74, 6) is -0.160. The van der Waals surface area contributed by atoms with Crippen LogP contribution in [0, 0.1) is 17.1 Å². The first-order chi connectivity index (χ1) is 8.26. The van der Waals surface area contributed by atoms with Crippen LogP contribution in [-0.2, 0) is 6.42 Å². The average Bonchev–Trinajstić information content (AvgIpc) is 2.81. The number of benzene rings is 1. The Bertz CT molecular complexity index is 416. The van der Waals surface area contributed by atoms with E-state index in [-0.39, 0.29) is 11.4 Å². The molecule has 1 aliphatic rings. The standard InChI is InChI=1S/C14H17FN2/c15-13-6-2-1-5-12(13)7-10-17-14(11-16)8-3-4-9-14/h1-2,5-6,17H,3-4,7-10H2. The van der Waals surface area contributed by atoms with Crippen LogP contribution in [-0.4, -0.2) is 12.1 Å². The van der Waals surface area contributed by atoms with Gasteiger partial charge in [0.1, 0.15) is 11.4 Å². The summed E-state index contributed by atoms with van der Waals surface area (Å²) >= 11 is 0. The van der Waals surface area contributed by atoms with Crippen molar-refractivity contribution in [3.05, 3.63) is 35.6 Å². The highest BCUT2D eigenvalue weighted by atomic mass is 19.1. The third-order valence-electron chi connectivity index (χ3n) is 3.49. The van der Waals surface area contributed by atoms with Crippen molar-refractivity contribution in [2.45, 2.75) is 37.6 Å². The monoisotopic (exact) mass is 232 g/mol. The minimum atomic E-state index is -0.356. The second-order valence-corrected chi connectivity index (χ2v) is 4.67. The van der Waals surface area contributed by atoms with Crippen LogP contribution in [0.5, 0.6) is 0 Å². The molecule has 1 aromatic carbocycles. The predicted octanol–water partition coefficient (Wildman–Crippen LogP) is 2.79. The van der Waals surface area contributed by atoms with E-state index in [1.165, 1.54) is 6.07 Å². The highest BCUT2D eigenvalue weighted by Gasteiger charge is 2.32. The fraction of sp³-hybridized carbons (Fsp3) is 0.500. The number of rotatable bonds is 4. The fourth-order valence-electron chi connectivity index (χ4n) is 2.44. The quantitative estimate of drug-likeness (QED) is 0.866. The Kier molecular flexibility index (Phi) is 3.75. The van der Waals surface area contributed by atoms with Gasteiger partial charge in [-0.2, -0.15) is 5.26 Å². The summed E-state index contributed by atoms with van der Waals surface area (Å²) in [6.45, 7) is 0.661. The van der Waals surface area contributed by atoms with Crippen LogP contribution >= 0.6 is 0 Å². The van der Waals surface area contributed by atoms with E-state index in [4.69, 9.17) is 0 Å². The molecule has 0 bridgehead atoms. The van der Waals surface area contributed by atoms with Crippen LogP contribution in [0.2, 0.25) is 0 Å². The zero-order valence-electron chi connectivity index (χ0n) is 9.88. The molecule has 0 atom stereocenters. The topological polar surface area (TPSA) is 35.8 Å². The molecule has 0 amide bonds. The van der Waals surface area contributed by atoms with Crippen LogP contribution < -0.4 is 5.32 Å². The van der Waals surface area contributed by atoms with E-state index in [2.05, 4.69) is 11.4 Å². The summed E-state index contributed by atoms with van der Waals surface area (Å²) in [5, 5.41) is 12.5. The van der Waals surface area contributed by atoms with Crippen molar-refractivity contribution >= 4 is 0 Å². The molecule has 0 aliphatic heterocycles. The largest absolute Gasteiger partial charge is 0.299 e. The lowest BCUT2D eigenvalue weighted by Crippen LogP contribution is -2.42. The summed E-state index contributed by atoms with van der Waals surface area (Å²) in [4.78, 5) is 0. The molecule has 0 spiro atoms. The maximum absolute atomic E-state index is 13.4. The van der Waals surface area contributed by atoms with Gasteiger partial charge in [0.25, 0.3) is 0 Å². The molecule has 1 fully saturated rings. The first-order valence-corrected chi connectivity index (χ1v) is 6.15. The number of halogens is 1. The van der Waals surface area contributed by atoms with Crippen molar-refractivity contribution in [1.82, 2.24) is 5.32 Å². The number of hydrogen-bond donors (Lipinski definition) is 1. The average molecular weight is 232 g/mol. The lowest BCUT2D eigenvalue weighted by atomic mass is 9.99. The molecule has 0 radical (unpaired) electrons. The molecule has 1 N–H and O–H groups in total. The number of nitrogens with one attached hydrogen (secondary N) is 1. The summed E-state index contributed by atoms with van der Waals surface area (Å²) in [5.41, 5.74) is 0.358. The molecule has 1 aromatic rings. The first-order valence-electron chi connectivity index (χ1n) is 6.15. The van der Waals surface area contributed by atoms with Crippen LogP contribution in [0.4, 0.5) is 4.39 Å². The van der Waals surface area contributed by atoms with Crippen molar-refractivity contribution in [3.8, 4) is 6.07 Å². The van der Waals surface area contributed by atoms with Gasteiger partial charge in [0.15, 0.2) is 0 Å². The highest BCUT2D eigenvalue weighted by molar-refractivity contribution is 5.18. The Morgan fingerprint density at radius 1 is 1.29 bits per heavy atom. The molecule has 0 heterocycles. The summed E-state index contributed by atoms with van der Waals surface area (Å²) < 4.78 is 13.4. The Balaban J connectivity index is 1.88. The van der Waals surface area contributed by atoms with Crippen LogP contribution in [0.15, 0.2) is 24.3 Å². The van der Waals surface area contributed by atoms with Gasteiger partial charge in [-0.25, -0.2) is 4.39 Å². The van der Waals surface area contributed by atoms with Gasteiger partial charge in [0.2, 0.25) is 0 Å². The minimum Gasteiger partial charge on any atom is -0.299 e. The normalized spacial score (nSPS) is 17.9. The van der Waals surface area contributed by atoms with Gasteiger partial charge in [0, 0.05) is 6.54 Å². The zero-order chi connectivity index (χ0) is 12.1. The fourth-order valence-corrected chi connectivity index (χ4v) is 2.44. The van der Waals surface area contributed by atoms with E-state index in [0.717, 1.165) is 25.7 Å². The van der Waals surface area contributed by atoms with Gasteiger partial charge in [-0.1, -0.05) is 31.0 Å². The molecular formula is C14H17FN2. The van der Waals surface area contributed by atoms with E-state index in [1.54, 1.807) is 12.1 Å². The van der Waals surface area contributed by atoms with Crippen molar-refractivity contribution in [1.29, 1.82) is 5.26 Å². The Hall–Kier alpha value is -1.40. The van der Waals surface area contributed by atoms with Crippen molar-refractivity contribution in [2.24, 2.45) is 0 Å². The molecule has 2 rings (SSSR count).